The van der Waals surface area contributed by atoms with Crippen molar-refractivity contribution in [3.63, 3.8) is 0 Å². The molecular weight excluding hydrogens is 358 g/mol. The lowest BCUT2D eigenvalue weighted by Crippen LogP contribution is -2.27. The van der Waals surface area contributed by atoms with Crippen molar-refractivity contribution in [2.45, 2.75) is 58.6 Å². The first kappa shape index (κ1) is 19.7. The third-order valence-corrected chi connectivity index (χ3v) is 6.41. The second-order valence-corrected chi connectivity index (χ2v) is 8.63. The van der Waals surface area contributed by atoms with Crippen molar-refractivity contribution in [3.8, 4) is 0 Å². The number of allylic oxidation sites excluding steroid dienone is 4. The zero-order valence-electron chi connectivity index (χ0n) is 16.4. The van der Waals surface area contributed by atoms with Crippen LogP contribution in [0.3, 0.4) is 0 Å². The molecule has 0 bridgehead atoms. The smallest absolute Gasteiger partial charge is 0.313 e. The molecule has 1 aromatic rings. The molecule has 1 unspecified atom stereocenters. The Kier molecular flexibility index (Phi) is 5.75. The summed E-state index contributed by atoms with van der Waals surface area (Å²) in [5.41, 5.74) is 3.34. The number of anilines is 1. The van der Waals surface area contributed by atoms with Crippen molar-refractivity contribution in [2.24, 2.45) is 5.41 Å². The molecule has 1 aliphatic carbocycles. The van der Waals surface area contributed by atoms with Crippen LogP contribution in [0.2, 0.25) is 0 Å². The van der Waals surface area contributed by atoms with Crippen molar-refractivity contribution < 1.29 is 9.90 Å². The molecule has 3 rings (SSSR count). The molecule has 1 aromatic heterocycles. The van der Waals surface area contributed by atoms with Gasteiger partial charge in [0.2, 0.25) is 0 Å². The van der Waals surface area contributed by atoms with Crippen LogP contribution in [0.1, 0.15) is 62.4 Å². The number of thioether (sulfide) groups is 1. The monoisotopic (exact) mass is 385 g/mol. The first-order valence-corrected chi connectivity index (χ1v) is 10.4. The van der Waals surface area contributed by atoms with E-state index in [9.17, 15) is 9.90 Å². The lowest BCUT2D eigenvalue weighted by Gasteiger charge is -2.26. The van der Waals surface area contributed by atoms with Gasteiger partial charge in [-0.15, -0.1) is 11.8 Å². The molecule has 0 radical (unpaired) electrons. The van der Waals surface area contributed by atoms with Crippen LogP contribution in [0.5, 0.6) is 0 Å². The molecule has 0 spiro atoms. The van der Waals surface area contributed by atoms with Crippen LogP contribution in [0.25, 0.3) is 0 Å². The van der Waals surface area contributed by atoms with Crippen molar-refractivity contribution in [2.75, 3.05) is 5.32 Å². The van der Waals surface area contributed by atoms with Crippen LogP contribution in [0.4, 0.5) is 5.82 Å². The van der Waals surface area contributed by atoms with Crippen LogP contribution < -0.4 is 5.32 Å². The summed E-state index contributed by atoms with van der Waals surface area (Å²) >= 11 is 1.77. The normalized spacial score (nSPS) is 19.6. The zero-order chi connectivity index (χ0) is 19.6. The number of hydrogen-bond acceptors (Lipinski definition) is 5. The minimum atomic E-state index is -0.831. The number of carbonyl (C=O) groups is 1. The van der Waals surface area contributed by atoms with Crippen molar-refractivity contribution >= 4 is 23.5 Å². The Labute approximate surface area is 165 Å². The van der Waals surface area contributed by atoms with Gasteiger partial charge in [-0.2, -0.15) is 0 Å². The molecule has 1 atom stereocenters. The minimum Gasteiger partial charge on any atom is -0.481 e. The van der Waals surface area contributed by atoms with Crippen molar-refractivity contribution in [1.29, 1.82) is 0 Å². The van der Waals surface area contributed by atoms with Crippen LogP contribution in [-0.4, -0.2) is 21.0 Å². The molecule has 1 aliphatic heterocycles. The summed E-state index contributed by atoms with van der Waals surface area (Å²) in [6.07, 6.45) is 9.44. The standard InChI is InChI=1S/C21H27N3O2S/c1-5-16-13(2)22-19(17-7-6-12-27-17)24-18(16)23-15-10-8-14(9-11-15)21(3,4)20(25)26/h6,8,10,12,17H,5,7,9,11H2,1-4H3,(H,25,26)(H,22,23,24). The molecule has 2 N–H and O–H groups in total. The van der Waals surface area contributed by atoms with E-state index in [-0.39, 0.29) is 0 Å². The molecule has 0 saturated carbocycles. The Hall–Kier alpha value is -2.08. The van der Waals surface area contributed by atoms with Crippen molar-refractivity contribution in [3.05, 3.63) is 52.0 Å². The average Bonchev–Trinajstić information content (AvgIpc) is 3.16. The van der Waals surface area contributed by atoms with Crippen LogP contribution in [0, 0.1) is 12.3 Å². The number of aromatic nitrogens is 2. The number of aryl methyl sites for hydroxylation is 1. The maximum atomic E-state index is 11.5. The summed E-state index contributed by atoms with van der Waals surface area (Å²) in [4.78, 5) is 21.0. The third kappa shape index (κ3) is 4.10. The lowest BCUT2D eigenvalue weighted by molar-refractivity contribution is -0.144. The zero-order valence-corrected chi connectivity index (χ0v) is 17.2. The van der Waals surface area contributed by atoms with Gasteiger partial charge in [0, 0.05) is 17.0 Å². The molecule has 2 heterocycles. The van der Waals surface area contributed by atoms with Gasteiger partial charge < -0.3 is 10.4 Å². The highest BCUT2D eigenvalue weighted by Crippen LogP contribution is 2.38. The highest BCUT2D eigenvalue weighted by atomic mass is 32.2. The van der Waals surface area contributed by atoms with Gasteiger partial charge in [0.05, 0.1) is 10.7 Å². The first-order valence-electron chi connectivity index (χ1n) is 9.41. The van der Waals surface area contributed by atoms with Gasteiger partial charge in [0.25, 0.3) is 0 Å². The van der Waals surface area contributed by atoms with E-state index >= 15 is 0 Å². The molecule has 27 heavy (non-hydrogen) atoms. The molecule has 0 amide bonds. The second kappa shape index (κ2) is 7.89. The predicted molar refractivity (Wildman–Crippen MR) is 111 cm³/mol. The third-order valence-electron chi connectivity index (χ3n) is 5.33. The van der Waals surface area contributed by atoms with Gasteiger partial charge in [-0.25, -0.2) is 9.97 Å². The van der Waals surface area contributed by atoms with E-state index in [4.69, 9.17) is 9.97 Å². The van der Waals surface area contributed by atoms with E-state index in [0.717, 1.165) is 59.9 Å². The molecule has 0 fully saturated rings. The van der Waals surface area contributed by atoms with E-state index in [1.54, 1.807) is 25.6 Å². The second-order valence-electron chi connectivity index (χ2n) is 7.52. The fourth-order valence-corrected chi connectivity index (χ4v) is 4.25. The maximum Gasteiger partial charge on any atom is 0.313 e. The van der Waals surface area contributed by atoms with Gasteiger partial charge in [-0.05, 0) is 57.9 Å². The van der Waals surface area contributed by atoms with Gasteiger partial charge in [0.15, 0.2) is 0 Å². The molecule has 2 aliphatic rings. The minimum absolute atomic E-state index is 0.290. The van der Waals surface area contributed by atoms with Gasteiger partial charge in [0.1, 0.15) is 11.6 Å². The molecule has 5 nitrogen and oxygen atoms in total. The summed E-state index contributed by atoms with van der Waals surface area (Å²) in [5, 5.41) is 15.3. The fraction of sp³-hybridized carbons (Fsp3) is 0.476. The summed E-state index contributed by atoms with van der Waals surface area (Å²) in [6.45, 7) is 7.68. The molecular formula is C21H27N3O2S. The molecule has 0 saturated heterocycles. The summed E-state index contributed by atoms with van der Waals surface area (Å²) in [5.74, 6) is 0.973. The summed E-state index contributed by atoms with van der Waals surface area (Å²) < 4.78 is 0. The topological polar surface area (TPSA) is 75.1 Å². The highest BCUT2D eigenvalue weighted by molar-refractivity contribution is 8.02. The highest BCUT2D eigenvalue weighted by Gasteiger charge is 2.32. The number of hydrogen-bond donors (Lipinski definition) is 2. The molecule has 6 heteroatoms. The van der Waals surface area contributed by atoms with E-state index in [0.29, 0.717) is 5.25 Å². The van der Waals surface area contributed by atoms with Gasteiger partial charge in [-0.3, -0.25) is 4.79 Å². The Bertz CT molecular complexity index is 832. The summed E-state index contributed by atoms with van der Waals surface area (Å²) in [7, 11) is 0. The van der Waals surface area contributed by atoms with Crippen LogP contribution in [-0.2, 0) is 11.2 Å². The number of nitrogens with zero attached hydrogens (tertiary/aromatic N) is 2. The van der Waals surface area contributed by atoms with Gasteiger partial charge >= 0.3 is 5.97 Å². The largest absolute Gasteiger partial charge is 0.481 e. The number of nitrogens with one attached hydrogen (secondary N) is 1. The number of rotatable bonds is 6. The lowest BCUT2D eigenvalue weighted by atomic mass is 9.79. The SMILES string of the molecule is CCc1c(C)nc(C2CC=CS2)nc1NC1=CC=C(C(C)(C)C(=O)O)CC1. The summed E-state index contributed by atoms with van der Waals surface area (Å²) in [6, 6.07) is 0. The van der Waals surface area contributed by atoms with E-state index in [2.05, 4.69) is 23.7 Å². The quantitative estimate of drug-likeness (QED) is 0.704. The van der Waals surface area contributed by atoms with Gasteiger partial charge in [-0.1, -0.05) is 24.6 Å². The van der Waals surface area contributed by atoms with Crippen LogP contribution in [0.15, 0.2) is 34.9 Å². The van der Waals surface area contributed by atoms with E-state index in [1.807, 2.05) is 19.1 Å². The maximum absolute atomic E-state index is 11.5. The van der Waals surface area contributed by atoms with Crippen molar-refractivity contribution in [1.82, 2.24) is 9.97 Å². The number of carboxylic acid groups (broad SMARTS) is 1. The Morgan fingerprint density at radius 2 is 2.11 bits per heavy atom. The first-order chi connectivity index (χ1) is 12.8. The van der Waals surface area contributed by atoms with Crippen LogP contribution >= 0.6 is 11.8 Å². The molecule has 144 valence electrons. The Morgan fingerprint density at radius 1 is 1.33 bits per heavy atom. The van der Waals surface area contributed by atoms with E-state index in [1.165, 1.54) is 0 Å². The fourth-order valence-electron chi connectivity index (χ4n) is 3.39. The number of aliphatic carboxylic acids is 1. The molecule has 0 aromatic carbocycles. The predicted octanol–water partition coefficient (Wildman–Crippen LogP) is 5.17. The number of carboxylic acids is 1. The Balaban J connectivity index is 1.86. The van der Waals surface area contributed by atoms with E-state index < -0.39 is 11.4 Å². The Morgan fingerprint density at radius 3 is 2.67 bits per heavy atom. The average molecular weight is 386 g/mol.